The maximum absolute atomic E-state index is 12.1. The number of primary amides is 1. The Kier molecular flexibility index (Phi) is 4.99. The highest BCUT2D eigenvalue weighted by molar-refractivity contribution is 6.03. The smallest absolute Gasteiger partial charge is 0.254 e. The second kappa shape index (κ2) is 7.74. The molecule has 3 aromatic rings. The number of hydrogen-bond acceptors (Lipinski definition) is 5. The van der Waals surface area contributed by atoms with Crippen LogP contribution in [0.3, 0.4) is 0 Å². The van der Waals surface area contributed by atoms with E-state index in [4.69, 9.17) is 16.2 Å². The van der Waals surface area contributed by atoms with Gasteiger partial charge in [-0.05, 0) is 55.8 Å². The van der Waals surface area contributed by atoms with Gasteiger partial charge in [0.25, 0.3) is 5.91 Å². The number of para-hydroxylation sites is 1. The standard InChI is InChI=1S/C21H23N5O2/c22-20-18(21(23)27)19(25-26(20)15-5-4-12-24-13-15)14-8-10-17(11-9-14)28-16-6-2-1-3-7-16/h1-3,6-11,15,24H,4-5,12-13,22H2,(H2,23,27)/t15-/m0/s1. The van der Waals surface area contributed by atoms with E-state index in [-0.39, 0.29) is 11.6 Å². The minimum absolute atomic E-state index is 0.112. The first-order chi connectivity index (χ1) is 13.6. The molecule has 1 fully saturated rings. The van der Waals surface area contributed by atoms with Crippen molar-refractivity contribution in [3.63, 3.8) is 0 Å². The molecular weight excluding hydrogens is 354 g/mol. The number of nitrogens with zero attached hydrogens (tertiary/aromatic N) is 2. The average Bonchev–Trinajstić information content (AvgIpc) is 3.07. The molecular formula is C21H23N5O2. The van der Waals surface area contributed by atoms with Gasteiger partial charge in [0.15, 0.2) is 0 Å². The number of carbonyl (C=O) groups excluding carboxylic acids is 1. The maximum atomic E-state index is 12.1. The third-order valence-electron chi connectivity index (χ3n) is 4.92. The highest BCUT2D eigenvalue weighted by Crippen LogP contribution is 2.32. The number of amides is 1. The van der Waals surface area contributed by atoms with Gasteiger partial charge in [0, 0.05) is 12.1 Å². The summed E-state index contributed by atoms with van der Waals surface area (Å²) in [6, 6.07) is 17.0. The Balaban J connectivity index is 1.65. The molecule has 0 radical (unpaired) electrons. The predicted octanol–water partition coefficient (Wildman–Crippen LogP) is 2.95. The molecule has 5 N–H and O–H groups in total. The van der Waals surface area contributed by atoms with E-state index in [2.05, 4.69) is 10.4 Å². The maximum Gasteiger partial charge on any atom is 0.254 e. The van der Waals surface area contributed by atoms with E-state index in [1.165, 1.54) is 0 Å². The third kappa shape index (κ3) is 3.57. The van der Waals surface area contributed by atoms with Crippen LogP contribution in [-0.4, -0.2) is 28.8 Å². The van der Waals surface area contributed by atoms with Gasteiger partial charge in [0.2, 0.25) is 0 Å². The number of benzene rings is 2. The second-order valence-corrected chi connectivity index (χ2v) is 6.86. The Morgan fingerprint density at radius 1 is 1.11 bits per heavy atom. The lowest BCUT2D eigenvalue weighted by Gasteiger charge is -2.23. The van der Waals surface area contributed by atoms with Crippen molar-refractivity contribution in [1.29, 1.82) is 0 Å². The third-order valence-corrected chi connectivity index (χ3v) is 4.92. The van der Waals surface area contributed by atoms with E-state index in [1.807, 2.05) is 54.6 Å². The van der Waals surface area contributed by atoms with E-state index in [1.54, 1.807) is 4.68 Å². The van der Waals surface area contributed by atoms with E-state index in [0.717, 1.165) is 37.2 Å². The number of rotatable bonds is 5. The summed E-state index contributed by atoms with van der Waals surface area (Å²) in [4.78, 5) is 12.1. The van der Waals surface area contributed by atoms with E-state index in [9.17, 15) is 4.79 Å². The van der Waals surface area contributed by atoms with Crippen molar-refractivity contribution in [3.05, 3.63) is 60.2 Å². The Hall–Kier alpha value is -3.32. The molecule has 1 aromatic heterocycles. The molecule has 144 valence electrons. The first-order valence-corrected chi connectivity index (χ1v) is 9.35. The summed E-state index contributed by atoms with van der Waals surface area (Å²) in [5.41, 5.74) is 13.4. The average molecular weight is 377 g/mol. The molecule has 4 rings (SSSR count). The summed E-state index contributed by atoms with van der Waals surface area (Å²) in [6.07, 6.45) is 2.00. The van der Waals surface area contributed by atoms with Crippen molar-refractivity contribution in [3.8, 4) is 22.8 Å². The molecule has 0 saturated carbocycles. The predicted molar refractivity (Wildman–Crippen MR) is 108 cm³/mol. The van der Waals surface area contributed by atoms with E-state index >= 15 is 0 Å². The van der Waals surface area contributed by atoms with Crippen molar-refractivity contribution < 1.29 is 9.53 Å². The van der Waals surface area contributed by atoms with Crippen LogP contribution in [0.5, 0.6) is 11.5 Å². The Labute approximate surface area is 163 Å². The van der Waals surface area contributed by atoms with Gasteiger partial charge in [-0.25, -0.2) is 4.68 Å². The number of ether oxygens (including phenoxy) is 1. The van der Waals surface area contributed by atoms with Crippen LogP contribution in [0.4, 0.5) is 5.82 Å². The fourth-order valence-corrected chi connectivity index (χ4v) is 3.52. The molecule has 0 bridgehead atoms. The Morgan fingerprint density at radius 3 is 2.46 bits per heavy atom. The number of nitrogen functional groups attached to an aromatic ring is 1. The number of anilines is 1. The fourth-order valence-electron chi connectivity index (χ4n) is 3.52. The van der Waals surface area contributed by atoms with Gasteiger partial charge in [-0.1, -0.05) is 18.2 Å². The van der Waals surface area contributed by atoms with Crippen LogP contribution in [0.25, 0.3) is 11.3 Å². The molecule has 28 heavy (non-hydrogen) atoms. The summed E-state index contributed by atoms with van der Waals surface area (Å²) in [5.74, 6) is 1.19. The molecule has 1 saturated heterocycles. The molecule has 0 spiro atoms. The zero-order valence-corrected chi connectivity index (χ0v) is 15.5. The summed E-state index contributed by atoms with van der Waals surface area (Å²) in [7, 11) is 0. The highest BCUT2D eigenvalue weighted by atomic mass is 16.5. The number of nitrogens with one attached hydrogen (secondary N) is 1. The SMILES string of the molecule is NC(=O)c1c(-c2ccc(Oc3ccccc3)cc2)nn([C@H]2CCCNC2)c1N. The zero-order chi connectivity index (χ0) is 19.5. The number of aromatic nitrogens is 2. The molecule has 2 heterocycles. The lowest BCUT2D eigenvalue weighted by molar-refractivity contribution is 0.100. The van der Waals surface area contributed by atoms with Gasteiger partial charge < -0.3 is 21.5 Å². The summed E-state index contributed by atoms with van der Waals surface area (Å²) in [6.45, 7) is 1.75. The van der Waals surface area contributed by atoms with Gasteiger partial charge in [-0.15, -0.1) is 0 Å². The Bertz CT molecular complexity index is 960. The number of hydrogen-bond donors (Lipinski definition) is 3. The van der Waals surface area contributed by atoms with Gasteiger partial charge in [-0.3, -0.25) is 4.79 Å². The van der Waals surface area contributed by atoms with E-state index in [0.29, 0.717) is 17.3 Å². The first-order valence-electron chi connectivity index (χ1n) is 9.35. The lowest BCUT2D eigenvalue weighted by Crippen LogP contribution is -2.32. The van der Waals surface area contributed by atoms with Crippen LogP contribution in [0.15, 0.2) is 54.6 Å². The molecule has 0 unspecified atom stereocenters. The molecule has 0 aliphatic carbocycles. The largest absolute Gasteiger partial charge is 0.457 e. The van der Waals surface area contributed by atoms with Crippen LogP contribution in [0, 0.1) is 0 Å². The summed E-state index contributed by atoms with van der Waals surface area (Å²) < 4.78 is 7.55. The minimum atomic E-state index is -0.577. The van der Waals surface area contributed by atoms with Crippen molar-refractivity contribution in [1.82, 2.24) is 15.1 Å². The normalized spacial score (nSPS) is 16.6. The van der Waals surface area contributed by atoms with Crippen LogP contribution in [-0.2, 0) is 0 Å². The number of nitrogens with two attached hydrogens (primary N) is 2. The topological polar surface area (TPSA) is 108 Å². The molecule has 1 atom stereocenters. The number of carbonyl (C=O) groups is 1. The molecule has 1 aliphatic heterocycles. The van der Waals surface area contributed by atoms with Crippen molar-refractivity contribution in [2.75, 3.05) is 18.8 Å². The zero-order valence-electron chi connectivity index (χ0n) is 15.5. The second-order valence-electron chi connectivity index (χ2n) is 6.86. The van der Waals surface area contributed by atoms with Crippen LogP contribution in [0.1, 0.15) is 29.2 Å². The van der Waals surface area contributed by atoms with Gasteiger partial charge >= 0.3 is 0 Å². The van der Waals surface area contributed by atoms with Crippen LogP contribution < -0.4 is 21.5 Å². The van der Waals surface area contributed by atoms with Gasteiger partial charge in [0.1, 0.15) is 28.6 Å². The molecule has 1 aliphatic rings. The number of piperidine rings is 1. The van der Waals surface area contributed by atoms with Gasteiger partial charge in [0.05, 0.1) is 6.04 Å². The molecule has 1 amide bonds. The lowest BCUT2D eigenvalue weighted by atomic mass is 10.1. The fraction of sp³-hybridized carbons (Fsp3) is 0.238. The monoisotopic (exact) mass is 377 g/mol. The quantitative estimate of drug-likeness (QED) is 0.633. The van der Waals surface area contributed by atoms with Crippen molar-refractivity contribution >= 4 is 11.7 Å². The minimum Gasteiger partial charge on any atom is -0.457 e. The van der Waals surface area contributed by atoms with Crippen LogP contribution >= 0.6 is 0 Å². The van der Waals surface area contributed by atoms with Crippen molar-refractivity contribution in [2.24, 2.45) is 5.73 Å². The molecule has 7 nitrogen and oxygen atoms in total. The van der Waals surface area contributed by atoms with E-state index < -0.39 is 5.91 Å². The highest BCUT2D eigenvalue weighted by Gasteiger charge is 2.26. The van der Waals surface area contributed by atoms with Crippen molar-refractivity contribution in [2.45, 2.75) is 18.9 Å². The van der Waals surface area contributed by atoms with Crippen LogP contribution in [0.2, 0.25) is 0 Å². The first kappa shape index (κ1) is 18.1. The Morgan fingerprint density at radius 2 is 1.82 bits per heavy atom. The summed E-state index contributed by atoms with van der Waals surface area (Å²) >= 11 is 0. The van der Waals surface area contributed by atoms with Gasteiger partial charge in [-0.2, -0.15) is 5.10 Å². The summed E-state index contributed by atoms with van der Waals surface area (Å²) in [5, 5.41) is 7.99. The molecule has 2 aromatic carbocycles. The molecule has 7 heteroatoms.